The highest BCUT2D eigenvalue weighted by Gasteiger charge is 2.60. The summed E-state index contributed by atoms with van der Waals surface area (Å²) in [5.41, 5.74) is 2.63. The molecular weight excluding hydrogens is 310 g/mol. The van der Waals surface area contributed by atoms with E-state index in [1.807, 2.05) is 18.5 Å². The molecule has 1 heterocycles. The summed E-state index contributed by atoms with van der Waals surface area (Å²) in [6, 6.07) is 0. The number of carbonyl (C=O) groups is 1. The van der Waals surface area contributed by atoms with Crippen molar-refractivity contribution >= 4 is 17.5 Å². The Hall–Kier alpha value is -1.29. The minimum absolute atomic E-state index is 0.0821. The lowest BCUT2D eigenvalue weighted by molar-refractivity contribution is -0.128. The van der Waals surface area contributed by atoms with Gasteiger partial charge in [-0.05, 0) is 44.4 Å². The molecule has 3 rings (SSSR count). The summed E-state index contributed by atoms with van der Waals surface area (Å²) in [4.78, 5) is 12.8. The molecule has 5 heteroatoms. The molecule has 2 atom stereocenters. The molecule has 2 saturated carbocycles. The molecule has 2 bridgehead atoms. The molecule has 23 heavy (non-hydrogen) atoms. The van der Waals surface area contributed by atoms with Crippen LogP contribution in [0.15, 0.2) is 12.2 Å². The topological polar surface area (TPSA) is 46.9 Å². The summed E-state index contributed by atoms with van der Waals surface area (Å²) >= 11 is 6.16. The Morgan fingerprint density at radius 1 is 1.48 bits per heavy atom. The van der Waals surface area contributed by atoms with Gasteiger partial charge in [0.15, 0.2) is 0 Å². The number of aromatic nitrogens is 2. The summed E-state index contributed by atoms with van der Waals surface area (Å²) in [5, 5.41) is 8.22. The number of halogens is 1. The summed E-state index contributed by atoms with van der Waals surface area (Å²) in [7, 11) is 0. The van der Waals surface area contributed by atoms with Crippen LogP contribution in [0.4, 0.5) is 0 Å². The van der Waals surface area contributed by atoms with E-state index in [1.54, 1.807) is 0 Å². The zero-order valence-electron chi connectivity index (χ0n) is 14.5. The van der Waals surface area contributed by atoms with Crippen LogP contribution in [-0.2, 0) is 11.3 Å². The molecule has 0 saturated heterocycles. The van der Waals surface area contributed by atoms with Crippen molar-refractivity contribution in [2.75, 3.05) is 6.54 Å². The lowest BCUT2D eigenvalue weighted by atomic mass is 9.68. The Balaban J connectivity index is 1.64. The van der Waals surface area contributed by atoms with Crippen LogP contribution < -0.4 is 5.32 Å². The number of fused-ring (bicyclic) bond motifs is 2. The van der Waals surface area contributed by atoms with E-state index in [1.165, 1.54) is 0 Å². The first-order valence-electron chi connectivity index (χ1n) is 8.38. The van der Waals surface area contributed by atoms with Gasteiger partial charge in [0.1, 0.15) is 0 Å². The first-order valence-corrected chi connectivity index (χ1v) is 8.75. The Bertz CT molecular complexity index is 676. The fourth-order valence-corrected chi connectivity index (χ4v) is 4.61. The van der Waals surface area contributed by atoms with Crippen LogP contribution in [0, 0.1) is 30.6 Å². The quantitative estimate of drug-likeness (QED) is 0.854. The van der Waals surface area contributed by atoms with E-state index >= 15 is 0 Å². The number of nitrogens with one attached hydrogen (secondary N) is 1. The maximum absolute atomic E-state index is 12.8. The lowest BCUT2D eigenvalue weighted by Crippen LogP contribution is -2.42. The van der Waals surface area contributed by atoms with Gasteiger partial charge in [0.25, 0.3) is 0 Å². The predicted molar refractivity (Wildman–Crippen MR) is 92.4 cm³/mol. The van der Waals surface area contributed by atoms with E-state index in [4.69, 9.17) is 11.6 Å². The van der Waals surface area contributed by atoms with Crippen molar-refractivity contribution in [3.8, 4) is 0 Å². The van der Waals surface area contributed by atoms with E-state index in [0.717, 1.165) is 36.2 Å². The fourth-order valence-electron chi connectivity index (χ4n) is 4.48. The first-order chi connectivity index (χ1) is 10.7. The van der Waals surface area contributed by atoms with Gasteiger partial charge in [-0.3, -0.25) is 9.48 Å². The monoisotopic (exact) mass is 335 g/mol. The van der Waals surface area contributed by atoms with E-state index in [0.29, 0.717) is 24.0 Å². The molecule has 2 aliphatic rings. The van der Waals surface area contributed by atoms with Gasteiger partial charge in [-0.15, -0.1) is 0 Å². The molecule has 1 N–H and O–H groups in total. The molecule has 1 aromatic heterocycles. The minimum atomic E-state index is -0.346. The van der Waals surface area contributed by atoms with E-state index in [-0.39, 0.29) is 16.7 Å². The molecule has 1 aromatic rings. The number of hydrogen-bond acceptors (Lipinski definition) is 2. The van der Waals surface area contributed by atoms with Gasteiger partial charge in [0, 0.05) is 6.54 Å². The Labute approximate surface area is 143 Å². The molecule has 0 aliphatic heterocycles. The zero-order chi connectivity index (χ0) is 17.0. The van der Waals surface area contributed by atoms with Gasteiger partial charge in [0.05, 0.1) is 28.4 Å². The number of amides is 1. The van der Waals surface area contributed by atoms with Crippen molar-refractivity contribution in [1.82, 2.24) is 15.1 Å². The standard InChI is InChI=1S/C18H26ClN3O/c1-11-15(19)12(2)22(21-11)9-8-20-16(23)18-7-6-14(10-18)17(4,5)13(18)3/h14H,3,6-10H2,1-2,4-5H3,(H,20,23)/t14-,18+/m0/s1. The molecule has 0 unspecified atom stereocenters. The van der Waals surface area contributed by atoms with E-state index < -0.39 is 0 Å². The van der Waals surface area contributed by atoms with Gasteiger partial charge in [-0.25, -0.2) is 0 Å². The van der Waals surface area contributed by atoms with Crippen LogP contribution in [0.5, 0.6) is 0 Å². The Morgan fingerprint density at radius 2 is 2.17 bits per heavy atom. The molecule has 126 valence electrons. The summed E-state index contributed by atoms with van der Waals surface area (Å²) in [6.45, 7) is 13.8. The maximum atomic E-state index is 12.8. The predicted octanol–water partition coefficient (Wildman–Crippen LogP) is 3.65. The SMILES string of the molecule is C=C1C(C)(C)[C@H]2CC[C@@]1(C(=O)NCCn1nc(C)c(Cl)c1C)C2. The largest absolute Gasteiger partial charge is 0.353 e. The van der Waals surface area contributed by atoms with Gasteiger partial charge >= 0.3 is 0 Å². The number of hydrogen-bond donors (Lipinski definition) is 1. The van der Waals surface area contributed by atoms with Gasteiger partial charge in [-0.1, -0.05) is 37.6 Å². The average molecular weight is 336 g/mol. The van der Waals surface area contributed by atoms with E-state index in [2.05, 4.69) is 30.8 Å². The number of carbonyl (C=O) groups excluding carboxylic acids is 1. The zero-order valence-corrected chi connectivity index (χ0v) is 15.3. The van der Waals surface area contributed by atoms with Crippen LogP contribution in [0.25, 0.3) is 0 Å². The average Bonchev–Trinajstić information content (AvgIpc) is 3.11. The van der Waals surface area contributed by atoms with Gasteiger partial charge < -0.3 is 5.32 Å². The van der Waals surface area contributed by atoms with Crippen molar-refractivity contribution in [1.29, 1.82) is 0 Å². The Morgan fingerprint density at radius 3 is 2.70 bits per heavy atom. The van der Waals surface area contributed by atoms with Crippen molar-refractivity contribution in [3.05, 3.63) is 28.6 Å². The highest BCUT2D eigenvalue weighted by Crippen LogP contribution is 2.65. The fraction of sp³-hybridized carbons (Fsp3) is 0.667. The summed E-state index contributed by atoms with van der Waals surface area (Å²) in [5.74, 6) is 0.735. The number of aryl methyl sites for hydroxylation is 1. The van der Waals surface area contributed by atoms with Crippen LogP contribution in [-0.4, -0.2) is 22.2 Å². The normalized spacial score (nSPS) is 28.4. The molecule has 2 fully saturated rings. The Kier molecular flexibility index (Phi) is 3.87. The van der Waals surface area contributed by atoms with Crippen LogP contribution in [0.2, 0.25) is 5.02 Å². The molecule has 0 radical (unpaired) electrons. The third kappa shape index (κ3) is 2.34. The molecule has 1 amide bonds. The van der Waals surface area contributed by atoms with Crippen molar-refractivity contribution in [2.24, 2.45) is 16.7 Å². The molecular formula is C18H26ClN3O. The summed E-state index contributed by atoms with van der Waals surface area (Å²) in [6.07, 6.45) is 3.03. The highest BCUT2D eigenvalue weighted by atomic mass is 35.5. The smallest absolute Gasteiger partial charge is 0.230 e. The third-order valence-corrected chi connectivity index (χ3v) is 6.77. The number of nitrogens with zero attached hydrogens (tertiary/aromatic N) is 2. The molecule has 0 aromatic carbocycles. The lowest BCUT2D eigenvalue weighted by Gasteiger charge is -2.37. The maximum Gasteiger partial charge on any atom is 0.230 e. The minimum Gasteiger partial charge on any atom is -0.353 e. The number of rotatable bonds is 4. The second-order valence-corrected chi connectivity index (χ2v) is 8.06. The second-order valence-electron chi connectivity index (χ2n) is 7.69. The van der Waals surface area contributed by atoms with Crippen LogP contribution in [0.1, 0.15) is 44.5 Å². The van der Waals surface area contributed by atoms with Crippen molar-refractivity contribution in [2.45, 2.75) is 53.5 Å². The van der Waals surface area contributed by atoms with Crippen molar-refractivity contribution in [3.63, 3.8) is 0 Å². The molecule has 0 spiro atoms. The molecule has 2 aliphatic carbocycles. The third-order valence-electron chi connectivity index (χ3n) is 6.23. The van der Waals surface area contributed by atoms with Crippen LogP contribution >= 0.6 is 11.6 Å². The summed E-state index contributed by atoms with van der Waals surface area (Å²) < 4.78 is 1.86. The second kappa shape index (κ2) is 5.37. The first kappa shape index (κ1) is 16.6. The van der Waals surface area contributed by atoms with Crippen molar-refractivity contribution < 1.29 is 4.79 Å². The van der Waals surface area contributed by atoms with Crippen LogP contribution in [0.3, 0.4) is 0 Å². The highest BCUT2D eigenvalue weighted by molar-refractivity contribution is 6.31. The van der Waals surface area contributed by atoms with Gasteiger partial charge in [-0.2, -0.15) is 5.10 Å². The van der Waals surface area contributed by atoms with E-state index in [9.17, 15) is 4.79 Å². The van der Waals surface area contributed by atoms with Gasteiger partial charge in [0.2, 0.25) is 5.91 Å². The molecule has 4 nitrogen and oxygen atoms in total.